The number of alkyl halides is 2. The summed E-state index contributed by atoms with van der Waals surface area (Å²) in [5.74, 6) is -0.464. The molecule has 1 amide bonds. The highest BCUT2D eigenvalue weighted by atomic mass is 79.9. The molecule has 0 radical (unpaired) electrons. The van der Waals surface area contributed by atoms with Crippen LogP contribution in [0, 0.1) is 11.3 Å². The Morgan fingerprint density at radius 2 is 2.00 bits per heavy atom. The van der Waals surface area contributed by atoms with Crippen molar-refractivity contribution in [1.29, 1.82) is 5.26 Å². The van der Waals surface area contributed by atoms with E-state index in [4.69, 9.17) is 21.6 Å². The van der Waals surface area contributed by atoms with Crippen molar-refractivity contribution < 1.29 is 23.0 Å². The lowest BCUT2D eigenvalue weighted by molar-refractivity contribution is -0.118. The van der Waals surface area contributed by atoms with Gasteiger partial charge in [0.05, 0.1) is 21.8 Å². The van der Waals surface area contributed by atoms with Crippen molar-refractivity contribution in [2.45, 2.75) is 6.61 Å². The van der Waals surface area contributed by atoms with Crippen LogP contribution in [0.5, 0.6) is 11.5 Å². The Bertz CT molecular complexity index is 810. The maximum absolute atomic E-state index is 12.5. The van der Waals surface area contributed by atoms with Crippen molar-refractivity contribution in [2.75, 3.05) is 11.9 Å². The molecule has 0 fully saturated rings. The van der Waals surface area contributed by atoms with Gasteiger partial charge in [-0.15, -0.1) is 0 Å². The van der Waals surface area contributed by atoms with Crippen LogP contribution in [0.2, 0.25) is 5.02 Å². The summed E-state index contributed by atoms with van der Waals surface area (Å²) in [7, 11) is 0. The molecule has 2 aromatic rings. The van der Waals surface area contributed by atoms with Crippen LogP contribution in [0.3, 0.4) is 0 Å². The number of amides is 1. The molecule has 0 aliphatic rings. The molecule has 2 rings (SSSR count). The zero-order valence-electron chi connectivity index (χ0n) is 12.4. The van der Waals surface area contributed by atoms with Crippen LogP contribution < -0.4 is 14.8 Å². The van der Waals surface area contributed by atoms with Gasteiger partial charge in [0.15, 0.2) is 12.4 Å². The first-order chi connectivity index (χ1) is 11.9. The van der Waals surface area contributed by atoms with Gasteiger partial charge in [-0.2, -0.15) is 14.0 Å². The Morgan fingerprint density at radius 3 is 2.60 bits per heavy atom. The second-order valence-electron chi connectivity index (χ2n) is 4.62. The zero-order chi connectivity index (χ0) is 18.4. The van der Waals surface area contributed by atoms with E-state index in [0.717, 1.165) is 0 Å². The number of benzene rings is 2. The van der Waals surface area contributed by atoms with Gasteiger partial charge in [0.1, 0.15) is 5.75 Å². The fourth-order valence-corrected chi connectivity index (χ4v) is 2.73. The monoisotopic (exact) mass is 430 g/mol. The molecule has 0 atom stereocenters. The predicted octanol–water partition coefficient (Wildman–Crippen LogP) is 4.59. The summed E-state index contributed by atoms with van der Waals surface area (Å²) in [5.41, 5.74) is 0.433. The van der Waals surface area contributed by atoms with Gasteiger partial charge in [-0.25, -0.2) is 0 Å². The van der Waals surface area contributed by atoms with E-state index in [1.807, 2.05) is 6.07 Å². The van der Waals surface area contributed by atoms with Crippen LogP contribution in [0.15, 0.2) is 40.9 Å². The Balaban J connectivity index is 2.05. The number of hydrogen-bond donors (Lipinski definition) is 1. The number of carbonyl (C=O) groups excluding carboxylic acids is 1. The lowest BCUT2D eigenvalue weighted by atomic mass is 10.2. The topological polar surface area (TPSA) is 71.3 Å². The van der Waals surface area contributed by atoms with Crippen LogP contribution in [0.25, 0.3) is 0 Å². The van der Waals surface area contributed by atoms with Crippen molar-refractivity contribution >= 4 is 39.1 Å². The number of rotatable bonds is 6. The fourth-order valence-electron chi connectivity index (χ4n) is 1.82. The highest BCUT2D eigenvalue weighted by Crippen LogP contribution is 2.37. The maximum atomic E-state index is 12.5. The number of nitriles is 1. The van der Waals surface area contributed by atoms with Gasteiger partial charge in [-0.1, -0.05) is 11.6 Å². The number of carbonyl (C=O) groups is 1. The molecule has 25 heavy (non-hydrogen) atoms. The minimum absolute atomic E-state index is 0.0203. The molecular weight excluding hydrogens is 422 g/mol. The second-order valence-corrected chi connectivity index (χ2v) is 5.91. The minimum Gasteiger partial charge on any atom is -0.484 e. The van der Waals surface area contributed by atoms with E-state index in [1.165, 1.54) is 36.4 Å². The Labute approximate surface area is 155 Å². The molecule has 5 nitrogen and oxygen atoms in total. The quantitative estimate of drug-likeness (QED) is 0.726. The van der Waals surface area contributed by atoms with E-state index in [-0.39, 0.29) is 27.5 Å². The molecule has 130 valence electrons. The molecule has 0 bridgehead atoms. The van der Waals surface area contributed by atoms with Gasteiger partial charge in [0.2, 0.25) is 0 Å². The van der Waals surface area contributed by atoms with Gasteiger partial charge in [0.25, 0.3) is 5.91 Å². The van der Waals surface area contributed by atoms with Crippen LogP contribution in [0.4, 0.5) is 14.5 Å². The lowest BCUT2D eigenvalue weighted by Gasteiger charge is -2.14. The summed E-state index contributed by atoms with van der Waals surface area (Å²) >= 11 is 8.92. The molecule has 0 saturated carbocycles. The van der Waals surface area contributed by atoms with Gasteiger partial charge in [-0.05, 0) is 52.3 Å². The average Bonchev–Trinajstić information content (AvgIpc) is 2.56. The Hall–Kier alpha value is -2.37. The van der Waals surface area contributed by atoms with Crippen LogP contribution >= 0.6 is 27.5 Å². The largest absolute Gasteiger partial charge is 0.484 e. The van der Waals surface area contributed by atoms with Crippen LogP contribution in [0.1, 0.15) is 5.56 Å². The van der Waals surface area contributed by atoms with Crippen molar-refractivity contribution in [3.8, 4) is 17.6 Å². The molecule has 0 spiro atoms. The van der Waals surface area contributed by atoms with Gasteiger partial charge >= 0.3 is 6.61 Å². The first kappa shape index (κ1) is 19.0. The van der Waals surface area contributed by atoms with E-state index >= 15 is 0 Å². The van der Waals surface area contributed by atoms with E-state index in [9.17, 15) is 13.6 Å². The van der Waals surface area contributed by atoms with Gasteiger partial charge in [-0.3, -0.25) is 4.79 Å². The molecule has 0 saturated heterocycles. The summed E-state index contributed by atoms with van der Waals surface area (Å²) in [6.45, 7) is -3.44. The molecule has 2 aromatic carbocycles. The third-order valence-corrected chi connectivity index (χ3v) is 3.65. The van der Waals surface area contributed by atoms with E-state index in [1.54, 1.807) is 0 Å². The third kappa shape index (κ3) is 5.59. The first-order valence-electron chi connectivity index (χ1n) is 6.75. The van der Waals surface area contributed by atoms with Crippen molar-refractivity contribution in [1.82, 2.24) is 0 Å². The second kappa shape index (κ2) is 8.65. The molecular formula is C16H10BrClF2N2O3. The summed E-state index contributed by atoms with van der Waals surface area (Å²) in [6.07, 6.45) is 0. The molecule has 0 aliphatic carbocycles. The smallest absolute Gasteiger partial charge is 0.387 e. The van der Waals surface area contributed by atoms with Crippen LogP contribution in [-0.4, -0.2) is 19.1 Å². The zero-order valence-corrected chi connectivity index (χ0v) is 14.8. The SMILES string of the molecule is N#Cc1ccc(OCC(=O)Nc2cc(Cl)cc(Br)c2OC(F)F)cc1. The van der Waals surface area contributed by atoms with Gasteiger partial charge < -0.3 is 14.8 Å². The van der Waals surface area contributed by atoms with E-state index in [0.29, 0.717) is 11.3 Å². The van der Waals surface area contributed by atoms with E-state index < -0.39 is 12.5 Å². The normalized spacial score (nSPS) is 10.2. The average molecular weight is 432 g/mol. The highest BCUT2D eigenvalue weighted by Gasteiger charge is 2.17. The van der Waals surface area contributed by atoms with Crippen molar-refractivity contribution in [3.05, 3.63) is 51.5 Å². The molecule has 0 aromatic heterocycles. The van der Waals surface area contributed by atoms with Gasteiger partial charge in [0, 0.05) is 5.02 Å². The van der Waals surface area contributed by atoms with Crippen molar-refractivity contribution in [2.24, 2.45) is 0 Å². The fraction of sp³-hybridized carbons (Fsp3) is 0.125. The summed E-state index contributed by atoms with van der Waals surface area (Å²) in [6, 6.07) is 10.7. The third-order valence-electron chi connectivity index (χ3n) is 2.84. The lowest BCUT2D eigenvalue weighted by Crippen LogP contribution is -2.21. The number of nitrogens with one attached hydrogen (secondary N) is 1. The summed E-state index contributed by atoms with van der Waals surface area (Å²) in [4.78, 5) is 12.0. The number of anilines is 1. The number of halogens is 4. The highest BCUT2D eigenvalue weighted by molar-refractivity contribution is 9.10. The molecule has 0 unspecified atom stereocenters. The molecule has 0 heterocycles. The first-order valence-corrected chi connectivity index (χ1v) is 7.93. The summed E-state index contributed by atoms with van der Waals surface area (Å²) in [5, 5.41) is 11.3. The van der Waals surface area contributed by atoms with Crippen LogP contribution in [-0.2, 0) is 4.79 Å². The summed E-state index contributed by atoms with van der Waals surface area (Å²) < 4.78 is 34.9. The standard InChI is InChI=1S/C16H10BrClF2N2O3/c17-12-5-10(18)6-13(15(12)25-16(19)20)22-14(23)8-24-11-3-1-9(7-21)2-4-11/h1-6,16H,8H2,(H,22,23). The molecule has 0 aliphatic heterocycles. The number of nitrogens with zero attached hydrogens (tertiary/aromatic N) is 1. The van der Waals surface area contributed by atoms with E-state index in [2.05, 4.69) is 26.0 Å². The van der Waals surface area contributed by atoms with Crippen molar-refractivity contribution in [3.63, 3.8) is 0 Å². The maximum Gasteiger partial charge on any atom is 0.387 e. The molecule has 9 heteroatoms. The Kier molecular flexibility index (Phi) is 6.56. The minimum atomic E-state index is -3.07. The Morgan fingerprint density at radius 1 is 1.32 bits per heavy atom. The molecule has 1 N–H and O–H groups in total. The number of ether oxygens (including phenoxy) is 2. The predicted molar refractivity (Wildman–Crippen MR) is 91.1 cm³/mol. The number of hydrogen-bond acceptors (Lipinski definition) is 4.